The van der Waals surface area contributed by atoms with E-state index in [1.807, 2.05) is 6.92 Å². The van der Waals surface area contributed by atoms with Crippen LogP contribution in [0.25, 0.3) is 10.2 Å². The maximum absolute atomic E-state index is 13.1. The Hall–Kier alpha value is -2.82. The summed E-state index contributed by atoms with van der Waals surface area (Å²) in [5, 5.41) is 2.94. The number of hydrogen-bond acceptors (Lipinski definition) is 8. The van der Waals surface area contributed by atoms with Gasteiger partial charge in [-0.2, -0.15) is 0 Å². The zero-order chi connectivity index (χ0) is 27.2. The highest BCUT2D eigenvalue weighted by Crippen LogP contribution is 2.42. The Morgan fingerprint density at radius 3 is 2.70 bits per heavy atom. The smallest absolute Gasteiger partial charge is 0.414 e. The molecule has 3 rings (SSSR count). The van der Waals surface area contributed by atoms with Crippen LogP contribution in [0.4, 0.5) is 15.3 Å². The van der Waals surface area contributed by atoms with Gasteiger partial charge in [-0.1, -0.05) is 36.5 Å². The van der Waals surface area contributed by atoms with Crippen LogP contribution in [0.5, 0.6) is 0 Å². The largest absolute Gasteiger partial charge is 0.467 e. The molecule has 0 bridgehead atoms. The van der Waals surface area contributed by atoms with E-state index in [0.717, 1.165) is 12.8 Å². The van der Waals surface area contributed by atoms with Crippen LogP contribution in [0.2, 0.25) is 10.2 Å². The van der Waals surface area contributed by atoms with Gasteiger partial charge < -0.3 is 24.0 Å². The molecule has 1 atom stereocenters. The van der Waals surface area contributed by atoms with Crippen molar-refractivity contribution in [3.63, 3.8) is 0 Å². The number of nitrogens with zero attached hydrogens (tertiary/aromatic N) is 2. The number of furan rings is 1. The van der Waals surface area contributed by atoms with Gasteiger partial charge in [-0.25, -0.2) is 14.6 Å². The Balaban J connectivity index is 1.96. The van der Waals surface area contributed by atoms with E-state index in [-0.39, 0.29) is 29.7 Å². The summed E-state index contributed by atoms with van der Waals surface area (Å²) >= 11 is 14.2. The second kappa shape index (κ2) is 12.6. The minimum absolute atomic E-state index is 0.0927. The number of carbonyl (C=O) groups is 3. The van der Waals surface area contributed by atoms with Gasteiger partial charge in [0.1, 0.15) is 28.3 Å². The van der Waals surface area contributed by atoms with Crippen molar-refractivity contribution >= 4 is 68.9 Å². The lowest BCUT2D eigenvalue weighted by Crippen LogP contribution is -2.41. The van der Waals surface area contributed by atoms with E-state index in [4.69, 9.17) is 37.1 Å². The summed E-state index contributed by atoms with van der Waals surface area (Å²) in [6, 6.07) is 4.14. The van der Waals surface area contributed by atoms with Gasteiger partial charge in [0, 0.05) is 17.4 Å². The predicted octanol–water partition coefficient (Wildman–Crippen LogP) is 6.77. The third-order valence-corrected chi connectivity index (χ3v) is 6.94. The van der Waals surface area contributed by atoms with Gasteiger partial charge >= 0.3 is 12.2 Å². The first kappa shape index (κ1) is 28.7. The molecule has 0 unspecified atom stereocenters. The summed E-state index contributed by atoms with van der Waals surface area (Å²) in [6.45, 7) is 7.54. The average Bonchev–Trinajstić information content (AvgIpc) is 3.44. The fraction of sp³-hybridized carbons (Fsp3) is 0.440. The van der Waals surface area contributed by atoms with E-state index in [1.165, 1.54) is 22.5 Å². The normalized spacial score (nSPS) is 12.3. The Bertz CT molecular complexity index is 1240. The molecular weight excluding hydrogens is 541 g/mol. The summed E-state index contributed by atoms with van der Waals surface area (Å²) in [5.74, 6) is 0.541. The van der Waals surface area contributed by atoms with Crippen molar-refractivity contribution in [3.8, 4) is 0 Å². The van der Waals surface area contributed by atoms with Crippen LogP contribution in [-0.2, 0) is 27.2 Å². The molecule has 0 aliphatic heterocycles. The summed E-state index contributed by atoms with van der Waals surface area (Å²) < 4.78 is 16.8. The topological polar surface area (TPSA) is 111 Å². The van der Waals surface area contributed by atoms with Gasteiger partial charge in [0.15, 0.2) is 0 Å². The number of anilines is 1. The number of pyridine rings is 1. The molecule has 2 amide bonds. The Kier molecular flexibility index (Phi) is 9.80. The molecule has 9 nitrogen and oxygen atoms in total. The van der Waals surface area contributed by atoms with E-state index >= 15 is 0 Å². The van der Waals surface area contributed by atoms with Crippen molar-refractivity contribution in [1.82, 2.24) is 10.3 Å². The molecule has 200 valence electrons. The van der Waals surface area contributed by atoms with E-state index in [2.05, 4.69) is 10.3 Å². The number of ether oxygens (including phenoxy) is 2. The molecule has 3 aromatic rings. The van der Waals surface area contributed by atoms with Gasteiger partial charge in [-0.3, -0.25) is 4.90 Å². The summed E-state index contributed by atoms with van der Waals surface area (Å²) in [4.78, 5) is 43.4. The van der Waals surface area contributed by atoms with Crippen LogP contribution >= 0.6 is 34.5 Å². The molecule has 0 fully saturated rings. The first-order valence-electron chi connectivity index (χ1n) is 11.7. The van der Waals surface area contributed by atoms with Crippen molar-refractivity contribution in [1.29, 1.82) is 0 Å². The number of aldehydes is 1. The molecule has 0 spiro atoms. The number of fused-ring (bicyclic) bond motifs is 1. The highest BCUT2D eigenvalue weighted by atomic mass is 35.5. The van der Waals surface area contributed by atoms with E-state index in [0.29, 0.717) is 32.8 Å². The van der Waals surface area contributed by atoms with Crippen molar-refractivity contribution in [2.45, 2.75) is 65.1 Å². The van der Waals surface area contributed by atoms with Gasteiger partial charge in [0.05, 0.1) is 40.9 Å². The van der Waals surface area contributed by atoms with Crippen LogP contribution in [0.1, 0.15) is 51.2 Å². The highest BCUT2D eigenvalue weighted by Gasteiger charge is 2.27. The lowest BCUT2D eigenvalue weighted by molar-refractivity contribution is -0.109. The third kappa shape index (κ3) is 7.83. The Labute approximate surface area is 229 Å². The molecular formula is C25H29Cl2N3O6S. The number of amides is 2. The van der Waals surface area contributed by atoms with Crippen molar-refractivity contribution in [2.75, 3.05) is 11.5 Å². The molecule has 3 heterocycles. The lowest BCUT2D eigenvalue weighted by Gasteiger charge is -2.22. The molecule has 0 radical (unpaired) electrons. The number of halogens is 2. The Morgan fingerprint density at radius 1 is 1.32 bits per heavy atom. The summed E-state index contributed by atoms with van der Waals surface area (Å²) in [7, 11) is 0. The first-order valence-corrected chi connectivity index (χ1v) is 13.3. The van der Waals surface area contributed by atoms with Crippen LogP contribution in [0.15, 0.2) is 28.9 Å². The number of unbranched alkanes of at least 4 members (excludes halogenated alkanes) is 1. The highest BCUT2D eigenvalue weighted by molar-refractivity contribution is 7.20. The number of thiophene rings is 1. The fourth-order valence-electron chi connectivity index (χ4n) is 3.35. The van der Waals surface area contributed by atoms with Gasteiger partial charge in [0.25, 0.3) is 0 Å². The molecule has 0 saturated heterocycles. The number of carbonyl (C=O) groups excluding carboxylic acids is 3. The van der Waals surface area contributed by atoms with Crippen LogP contribution in [0, 0.1) is 0 Å². The quantitative estimate of drug-likeness (QED) is 0.163. The summed E-state index contributed by atoms with van der Waals surface area (Å²) in [5.41, 5.74) is 0.0941. The second-order valence-electron chi connectivity index (χ2n) is 9.21. The average molecular weight is 570 g/mol. The number of alkyl carbamates (subject to hydrolysis) is 1. The number of rotatable bonds is 10. The van der Waals surface area contributed by atoms with Gasteiger partial charge in [0.2, 0.25) is 0 Å². The molecule has 0 aliphatic rings. The molecule has 12 heteroatoms. The predicted molar refractivity (Wildman–Crippen MR) is 144 cm³/mol. The van der Waals surface area contributed by atoms with Crippen molar-refractivity contribution < 1.29 is 28.3 Å². The molecule has 37 heavy (non-hydrogen) atoms. The fourth-order valence-corrected chi connectivity index (χ4v) is 5.14. The van der Waals surface area contributed by atoms with E-state index in [1.54, 1.807) is 39.0 Å². The van der Waals surface area contributed by atoms with E-state index < -0.39 is 23.8 Å². The van der Waals surface area contributed by atoms with Gasteiger partial charge in [-0.05, 0) is 39.3 Å². The number of aromatic nitrogens is 1. The minimum atomic E-state index is -0.891. The standard InChI is InChI=1S/C25H29Cl2N3O6S/c1-5-6-9-35-24(33)30(13-16-8-7-10-34-16)17-12-19(26)29-21-20(27)18(37-22(17)21)11-15(14-31)28-23(32)36-25(2,3)4/h7-8,10,12,14-15H,5-6,9,11,13H2,1-4H3,(H,28,32)/t15-/m1/s1. The van der Waals surface area contributed by atoms with Crippen LogP contribution in [-0.4, -0.2) is 41.7 Å². The summed E-state index contributed by atoms with van der Waals surface area (Å²) in [6.07, 6.45) is 2.52. The van der Waals surface area contributed by atoms with Crippen molar-refractivity contribution in [3.05, 3.63) is 45.3 Å². The molecule has 0 saturated carbocycles. The van der Waals surface area contributed by atoms with Crippen molar-refractivity contribution in [2.24, 2.45) is 0 Å². The maximum atomic E-state index is 13.1. The SMILES string of the molecule is CCCCOC(=O)N(Cc1ccco1)c1cc(Cl)nc2c(Cl)c(C[C@H](C=O)NC(=O)OC(C)(C)C)sc12. The zero-order valence-corrected chi connectivity index (χ0v) is 23.3. The molecule has 3 aromatic heterocycles. The minimum Gasteiger partial charge on any atom is -0.467 e. The molecule has 1 N–H and O–H groups in total. The molecule has 0 aliphatic carbocycles. The second-order valence-corrected chi connectivity index (χ2v) is 11.1. The Morgan fingerprint density at radius 2 is 2.08 bits per heavy atom. The molecule has 0 aromatic carbocycles. The van der Waals surface area contributed by atoms with Gasteiger partial charge in [-0.15, -0.1) is 11.3 Å². The monoisotopic (exact) mass is 569 g/mol. The maximum Gasteiger partial charge on any atom is 0.414 e. The number of hydrogen-bond donors (Lipinski definition) is 1. The lowest BCUT2D eigenvalue weighted by atomic mass is 10.2. The third-order valence-electron chi connectivity index (χ3n) is 5.00. The van der Waals surface area contributed by atoms with E-state index in [9.17, 15) is 14.4 Å². The zero-order valence-electron chi connectivity index (χ0n) is 21.0. The number of nitrogens with one attached hydrogen (secondary N) is 1. The van der Waals surface area contributed by atoms with Crippen LogP contribution in [0.3, 0.4) is 0 Å². The first-order chi connectivity index (χ1) is 17.5. The van der Waals surface area contributed by atoms with Crippen LogP contribution < -0.4 is 10.2 Å².